The maximum atomic E-state index is 10.6. The fraction of sp³-hybridized carbons (Fsp3) is 0.333. The second-order valence-electron chi connectivity index (χ2n) is 2.92. The first-order valence-corrected chi connectivity index (χ1v) is 4.83. The smallest absolute Gasteiger partial charge is 0.258 e. The summed E-state index contributed by atoms with van der Waals surface area (Å²) in [6.45, 7) is 3.68. The normalized spacial score (nSPS) is 12.5. The lowest BCUT2D eigenvalue weighted by molar-refractivity contribution is -0.385. The number of hydrogen-bond acceptors (Lipinski definition) is 2. The van der Waals surface area contributed by atoms with Gasteiger partial charge in [-0.3, -0.25) is 10.1 Å². The van der Waals surface area contributed by atoms with E-state index in [9.17, 15) is 10.1 Å². The predicted octanol–water partition coefficient (Wildman–Crippen LogP) is 3.36. The van der Waals surface area contributed by atoms with Crippen LogP contribution >= 0.6 is 15.9 Å². The Hall–Kier alpha value is -0.900. The van der Waals surface area contributed by atoms with Gasteiger partial charge in [0.1, 0.15) is 0 Å². The molecule has 0 amide bonds. The zero-order valence-corrected chi connectivity index (χ0v) is 9.04. The fourth-order valence-electron chi connectivity index (χ4n) is 1.07. The minimum atomic E-state index is -0.353. The van der Waals surface area contributed by atoms with Crippen molar-refractivity contribution >= 4 is 21.6 Å². The molecule has 0 fully saturated rings. The van der Waals surface area contributed by atoms with Crippen LogP contribution in [0.5, 0.6) is 0 Å². The number of alkyl halides is 1. The minimum Gasteiger partial charge on any atom is -0.258 e. The molecule has 0 saturated carbocycles. The minimum absolute atomic E-state index is 0.145. The van der Waals surface area contributed by atoms with Crippen molar-refractivity contribution in [2.45, 2.75) is 18.7 Å². The van der Waals surface area contributed by atoms with Gasteiger partial charge in [0, 0.05) is 16.5 Å². The summed E-state index contributed by atoms with van der Waals surface area (Å²) in [7, 11) is 0. The van der Waals surface area contributed by atoms with Gasteiger partial charge in [-0.1, -0.05) is 28.1 Å². The molecule has 3 nitrogen and oxygen atoms in total. The number of halogens is 1. The summed E-state index contributed by atoms with van der Waals surface area (Å²) in [6, 6.07) is 5.27. The van der Waals surface area contributed by atoms with Crippen LogP contribution in [0.15, 0.2) is 18.2 Å². The van der Waals surface area contributed by atoms with Crippen molar-refractivity contribution in [3.63, 3.8) is 0 Å². The Morgan fingerprint density at radius 2 is 2.15 bits per heavy atom. The molecule has 0 bridgehead atoms. The zero-order chi connectivity index (χ0) is 10.0. The van der Waals surface area contributed by atoms with Crippen molar-refractivity contribution in [2.24, 2.45) is 0 Å². The first-order chi connectivity index (χ1) is 6.02. The van der Waals surface area contributed by atoms with E-state index >= 15 is 0 Å². The third-order valence-corrected chi connectivity index (χ3v) is 2.42. The van der Waals surface area contributed by atoms with E-state index < -0.39 is 0 Å². The Morgan fingerprint density at radius 1 is 1.54 bits per heavy atom. The van der Waals surface area contributed by atoms with Crippen molar-refractivity contribution in [3.8, 4) is 0 Å². The summed E-state index contributed by atoms with van der Waals surface area (Å²) in [4.78, 5) is 10.4. The van der Waals surface area contributed by atoms with Gasteiger partial charge in [-0.15, -0.1) is 0 Å². The molecule has 13 heavy (non-hydrogen) atoms. The molecule has 0 spiro atoms. The van der Waals surface area contributed by atoms with E-state index in [2.05, 4.69) is 15.9 Å². The van der Waals surface area contributed by atoms with E-state index in [1.54, 1.807) is 19.1 Å². The van der Waals surface area contributed by atoms with Crippen LogP contribution in [0.2, 0.25) is 0 Å². The fourth-order valence-corrected chi connectivity index (χ4v) is 1.36. The number of nitro benzene ring substituents is 1. The molecule has 0 aliphatic rings. The third-order valence-electron chi connectivity index (χ3n) is 1.89. The average molecular weight is 244 g/mol. The zero-order valence-electron chi connectivity index (χ0n) is 7.45. The molecule has 0 saturated heterocycles. The summed E-state index contributed by atoms with van der Waals surface area (Å²) >= 11 is 3.37. The Morgan fingerprint density at radius 3 is 2.62 bits per heavy atom. The summed E-state index contributed by atoms with van der Waals surface area (Å²) in [5.74, 6) is 0. The van der Waals surface area contributed by atoms with Gasteiger partial charge in [0.05, 0.1) is 4.92 Å². The molecular weight excluding hydrogens is 234 g/mol. The van der Waals surface area contributed by atoms with E-state index in [4.69, 9.17) is 0 Å². The lowest BCUT2D eigenvalue weighted by Gasteiger charge is -2.04. The Labute approximate surface area is 85.0 Å². The van der Waals surface area contributed by atoms with Crippen LogP contribution in [0.25, 0.3) is 0 Å². The van der Waals surface area contributed by atoms with Crippen LogP contribution in [0.1, 0.15) is 22.9 Å². The third kappa shape index (κ3) is 2.28. The van der Waals surface area contributed by atoms with Crippen LogP contribution in [0.3, 0.4) is 0 Å². The first-order valence-electron chi connectivity index (χ1n) is 3.91. The number of rotatable bonds is 2. The van der Waals surface area contributed by atoms with Gasteiger partial charge in [0.2, 0.25) is 0 Å². The highest BCUT2D eigenvalue weighted by Gasteiger charge is 2.12. The van der Waals surface area contributed by atoms with Crippen molar-refractivity contribution in [1.29, 1.82) is 0 Å². The number of nitro groups is 1. The van der Waals surface area contributed by atoms with Gasteiger partial charge >= 0.3 is 0 Å². The van der Waals surface area contributed by atoms with Crippen LogP contribution in [-0.4, -0.2) is 4.92 Å². The number of benzene rings is 1. The summed E-state index contributed by atoms with van der Waals surface area (Å²) in [5, 5.41) is 10.6. The molecule has 1 rings (SSSR count). The Kier molecular flexibility index (Phi) is 3.03. The summed E-state index contributed by atoms with van der Waals surface area (Å²) < 4.78 is 0. The maximum Gasteiger partial charge on any atom is 0.272 e. The molecule has 0 aliphatic heterocycles. The van der Waals surface area contributed by atoms with Gasteiger partial charge in [-0.2, -0.15) is 0 Å². The topological polar surface area (TPSA) is 43.1 Å². The van der Waals surface area contributed by atoms with Crippen molar-refractivity contribution in [2.75, 3.05) is 0 Å². The average Bonchev–Trinajstić information content (AvgIpc) is 2.04. The Bertz CT molecular complexity index is 336. The molecule has 0 aliphatic carbocycles. The second kappa shape index (κ2) is 3.87. The number of nitrogens with zero attached hydrogens (tertiary/aromatic N) is 1. The molecule has 0 N–H and O–H groups in total. The number of aryl methyl sites for hydroxylation is 1. The quantitative estimate of drug-likeness (QED) is 0.454. The first kappa shape index (κ1) is 10.2. The summed E-state index contributed by atoms with van der Waals surface area (Å²) in [6.07, 6.45) is 0. The van der Waals surface area contributed by atoms with Crippen molar-refractivity contribution in [3.05, 3.63) is 39.4 Å². The highest BCUT2D eigenvalue weighted by Crippen LogP contribution is 2.27. The molecular formula is C9H10BrNO2. The van der Waals surface area contributed by atoms with Gasteiger partial charge in [-0.05, 0) is 19.4 Å². The van der Waals surface area contributed by atoms with E-state index in [1.807, 2.05) is 13.0 Å². The largest absolute Gasteiger partial charge is 0.272 e. The Balaban J connectivity index is 3.19. The van der Waals surface area contributed by atoms with E-state index in [0.29, 0.717) is 5.56 Å². The molecule has 0 aromatic heterocycles. The van der Waals surface area contributed by atoms with Crippen molar-refractivity contribution < 1.29 is 4.92 Å². The van der Waals surface area contributed by atoms with Crippen molar-refractivity contribution in [1.82, 2.24) is 0 Å². The molecule has 70 valence electrons. The van der Waals surface area contributed by atoms with Crippen LogP contribution in [0, 0.1) is 17.0 Å². The molecule has 1 aromatic rings. The predicted molar refractivity (Wildman–Crippen MR) is 55.2 cm³/mol. The van der Waals surface area contributed by atoms with Gasteiger partial charge in [-0.25, -0.2) is 0 Å². The highest BCUT2D eigenvalue weighted by molar-refractivity contribution is 9.09. The molecule has 1 atom stereocenters. The number of hydrogen-bond donors (Lipinski definition) is 0. The highest BCUT2D eigenvalue weighted by atomic mass is 79.9. The van der Waals surface area contributed by atoms with E-state index in [0.717, 1.165) is 5.56 Å². The second-order valence-corrected chi connectivity index (χ2v) is 4.29. The van der Waals surface area contributed by atoms with Gasteiger partial charge in [0.25, 0.3) is 5.69 Å². The molecule has 1 aromatic carbocycles. The van der Waals surface area contributed by atoms with E-state index in [1.165, 1.54) is 0 Å². The van der Waals surface area contributed by atoms with Crippen LogP contribution < -0.4 is 0 Å². The van der Waals surface area contributed by atoms with Crippen LogP contribution in [-0.2, 0) is 0 Å². The molecule has 4 heteroatoms. The molecule has 0 radical (unpaired) electrons. The van der Waals surface area contributed by atoms with Crippen LogP contribution in [0.4, 0.5) is 5.69 Å². The van der Waals surface area contributed by atoms with Gasteiger partial charge in [0.15, 0.2) is 0 Å². The SMILES string of the molecule is Cc1ccc(C(C)Br)cc1[N+](=O)[O-]. The van der Waals surface area contributed by atoms with Gasteiger partial charge < -0.3 is 0 Å². The monoisotopic (exact) mass is 243 g/mol. The molecule has 0 heterocycles. The lowest BCUT2D eigenvalue weighted by Crippen LogP contribution is -1.93. The maximum absolute atomic E-state index is 10.6. The molecule has 1 unspecified atom stereocenters. The lowest BCUT2D eigenvalue weighted by atomic mass is 10.1. The standard InChI is InChI=1S/C9H10BrNO2/c1-6-3-4-8(7(2)10)5-9(6)11(12)13/h3-5,7H,1-2H3. The van der Waals surface area contributed by atoms with E-state index in [-0.39, 0.29) is 15.4 Å². The summed E-state index contributed by atoms with van der Waals surface area (Å²) in [5.41, 5.74) is 1.81.